The fourth-order valence-electron chi connectivity index (χ4n) is 6.74. The molecule has 0 aliphatic carbocycles. The first-order chi connectivity index (χ1) is 18.5. The molecule has 5 heteroatoms. The summed E-state index contributed by atoms with van der Waals surface area (Å²) in [6.45, 7) is 6.64. The van der Waals surface area contributed by atoms with Crippen LogP contribution in [0, 0.1) is 11.8 Å². The number of piperidine rings is 3. The average molecular weight is 513 g/mol. The van der Waals surface area contributed by atoms with Gasteiger partial charge in [0.15, 0.2) is 0 Å². The Kier molecular flexibility index (Phi) is 8.15. The fourth-order valence-corrected chi connectivity index (χ4v) is 6.74. The number of aliphatic carboxylic acids is 1. The normalized spacial score (nSPS) is 25.3. The maximum absolute atomic E-state index is 12.4. The molecule has 3 fully saturated rings. The van der Waals surface area contributed by atoms with Gasteiger partial charge in [-0.1, -0.05) is 86.6 Å². The summed E-state index contributed by atoms with van der Waals surface area (Å²) in [7, 11) is 1.72. The van der Waals surface area contributed by atoms with Crippen molar-refractivity contribution in [1.29, 1.82) is 0 Å². The lowest BCUT2D eigenvalue weighted by Gasteiger charge is -2.56. The van der Waals surface area contributed by atoms with E-state index < -0.39 is 5.97 Å². The maximum Gasteiger partial charge on any atom is 0.308 e. The fraction of sp³-hybridized carbons (Fsp3) is 0.424. The summed E-state index contributed by atoms with van der Waals surface area (Å²) in [6, 6.07) is 28.1. The average Bonchev–Trinajstić information content (AvgIpc) is 2.97. The molecule has 38 heavy (non-hydrogen) atoms. The molecule has 5 nitrogen and oxygen atoms in total. The number of carbonyl (C=O) groups is 1. The van der Waals surface area contributed by atoms with E-state index in [1.54, 1.807) is 7.11 Å². The van der Waals surface area contributed by atoms with Gasteiger partial charge in [0.2, 0.25) is 0 Å². The molecule has 6 rings (SSSR count). The van der Waals surface area contributed by atoms with E-state index in [2.05, 4.69) is 103 Å². The topological polar surface area (TPSA) is 61.8 Å². The number of hydrogen-bond acceptors (Lipinski definition) is 4. The van der Waals surface area contributed by atoms with Gasteiger partial charge in [-0.3, -0.25) is 9.69 Å². The van der Waals surface area contributed by atoms with Crippen molar-refractivity contribution >= 4 is 5.97 Å². The van der Waals surface area contributed by atoms with Crippen LogP contribution in [0.4, 0.5) is 0 Å². The SMILES string of the molecule is CCC(C)c1ccc(OC)c(CN[C@H]2[C@H]3CCN(C[C@@H]3C(=O)O)[C@@H]2C(c2ccccc2)c2ccccc2)c1. The van der Waals surface area contributed by atoms with Crippen LogP contribution in [0.3, 0.4) is 0 Å². The predicted octanol–water partition coefficient (Wildman–Crippen LogP) is 5.90. The highest BCUT2D eigenvalue weighted by atomic mass is 16.5. The number of benzene rings is 3. The molecule has 3 aliphatic heterocycles. The van der Waals surface area contributed by atoms with Gasteiger partial charge in [0, 0.05) is 36.7 Å². The van der Waals surface area contributed by atoms with Gasteiger partial charge in [-0.05, 0) is 54.0 Å². The van der Waals surface area contributed by atoms with Crippen molar-refractivity contribution in [1.82, 2.24) is 10.2 Å². The number of rotatable bonds is 10. The number of fused-ring (bicyclic) bond motifs is 3. The quantitative estimate of drug-likeness (QED) is 0.354. The number of methoxy groups -OCH3 is 1. The first-order valence-electron chi connectivity index (χ1n) is 14.0. The molecule has 0 amide bonds. The van der Waals surface area contributed by atoms with Gasteiger partial charge in [-0.25, -0.2) is 0 Å². The van der Waals surface area contributed by atoms with Crippen molar-refractivity contribution in [3.05, 3.63) is 101 Å². The number of hydrogen-bond donors (Lipinski definition) is 2. The standard InChI is InChI=1S/C33H40N2O3/c1-4-22(2)25-15-16-29(38-3)26(19-25)20-34-31-27-17-18-35(21-28(27)33(36)37)32(31)30(23-11-7-5-8-12-23)24-13-9-6-10-14-24/h5-16,19,22,27-28,30-32,34H,4,17-18,20-21H2,1-3H3,(H,36,37)/t22?,27-,28-,31-,32+/m0/s1. The Morgan fingerprint density at radius 2 is 1.68 bits per heavy atom. The van der Waals surface area contributed by atoms with E-state index >= 15 is 0 Å². The summed E-state index contributed by atoms with van der Waals surface area (Å²) >= 11 is 0. The summed E-state index contributed by atoms with van der Waals surface area (Å²) in [6.07, 6.45) is 1.97. The molecule has 3 aromatic carbocycles. The second-order valence-electron chi connectivity index (χ2n) is 11.0. The Balaban J connectivity index is 1.53. The molecule has 200 valence electrons. The lowest BCUT2D eigenvalue weighted by Crippen LogP contribution is -2.68. The highest BCUT2D eigenvalue weighted by Gasteiger charge is 2.52. The molecule has 2 N–H and O–H groups in total. The third-order valence-corrected chi connectivity index (χ3v) is 8.94. The molecule has 0 spiro atoms. The molecule has 2 unspecified atom stereocenters. The van der Waals surface area contributed by atoms with Gasteiger partial charge < -0.3 is 15.2 Å². The first kappa shape index (κ1) is 26.5. The molecule has 3 aromatic rings. The van der Waals surface area contributed by atoms with Crippen LogP contribution in [0.15, 0.2) is 78.9 Å². The zero-order chi connectivity index (χ0) is 26.6. The largest absolute Gasteiger partial charge is 0.496 e. The summed E-state index contributed by atoms with van der Waals surface area (Å²) in [5, 5.41) is 14.1. The molecule has 3 heterocycles. The monoisotopic (exact) mass is 512 g/mol. The van der Waals surface area contributed by atoms with Gasteiger partial charge in [0.1, 0.15) is 5.75 Å². The molecule has 6 atom stereocenters. The molecular weight excluding hydrogens is 472 g/mol. The first-order valence-corrected chi connectivity index (χ1v) is 14.0. The Hall–Kier alpha value is -3.15. The van der Waals surface area contributed by atoms with Crippen LogP contribution in [-0.4, -0.2) is 48.3 Å². The Morgan fingerprint density at radius 1 is 1.03 bits per heavy atom. The zero-order valence-corrected chi connectivity index (χ0v) is 22.7. The van der Waals surface area contributed by atoms with Crippen molar-refractivity contribution in [2.24, 2.45) is 11.8 Å². The molecule has 0 saturated carbocycles. The minimum absolute atomic E-state index is 0.0287. The number of carboxylic acids is 1. The van der Waals surface area contributed by atoms with Crippen LogP contribution in [0.25, 0.3) is 0 Å². The molecule has 0 aromatic heterocycles. The Morgan fingerprint density at radius 3 is 2.26 bits per heavy atom. The number of carboxylic acid groups (broad SMARTS) is 1. The summed E-state index contributed by atoms with van der Waals surface area (Å²) < 4.78 is 5.74. The molecule has 3 aliphatic rings. The summed E-state index contributed by atoms with van der Waals surface area (Å²) in [4.78, 5) is 14.8. The highest BCUT2D eigenvalue weighted by molar-refractivity contribution is 5.71. The predicted molar refractivity (Wildman–Crippen MR) is 152 cm³/mol. The van der Waals surface area contributed by atoms with E-state index in [0.29, 0.717) is 19.0 Å². The van der Waals surface area contributed by atoms with Crippen molar-refractivity contribution in [3.8, 4) is 5.75 Å². The Bertz CT molecular complexity index is 1180. The third-order valence-electron chi connectivity index (χ3n) is 8.94. The van der Waals surface area contributed by atoms with E-state index in [-0.39, 0.29) is 29.8 Å². The maximum atomic E-state index is 12.4. The van der Waals surface area contributed by atoms with Crippen LogP contribution >= 0.6 is 0 Å². The van der Waals surface area contributed by atoms with Crippen LogP contribution in [0.5, 0.6) is 5.75 Å². The van der Waals surface area contributed by atoms with Gasteiger partial charge >= 0.3 is 5.97 Å². The van der Waals surface area contributed by atoms with Gasteiger partial charge in [0.25, 0.3) is 0 Å². The number of nitrogens with zero attached hydrogens (tertiary/aromatic N) is 1. The van der Waals surface area contributed by atoms with Crippen molar-refractivity contribution in [2.75, 3.05) is 20.2 Å². The zero-order valence-electron chi connectivity index (χ0n) is 22.7. The van der Waals surface area contributed by atoms with Crippen LogP contribution in [-0.2, 0) is 11.3 Å². The molecule has 3 saturated heterocycles. The van der Waals surface area contributed by atoms with Crippen molar-refractivity contribution < 1.29 is 14.6 Å². The van der Waals surface area contributed by atoms with E-state index in [9.17, 15) is 9.90 Å². The molecular formula is C33H40N2O3. The van der Waals surface area contributed by atoms with Crippen molar-refractivity contribution in [2.45, 2.75) is 57.2 Å². The smallest absolute Gasteiger partial charge is 0.308 e. The minimum Gasteiger partial charge on any atom is -0.496 e. The van der Waals surface area contributed by atoms with Crippen LogP contribution < -0.4 is 10.1 Å². The third kappa shape index (κ3) is 5.23. The van der Waals surface area contributed by atoms with E-state index in [1.807, 2.05) is 0 Å². The molecule has 0 radical (unpaired) electrons. The number of ether oxygens (including phenoxy) is 1. The van der Waals surface area contributed by atoms with Gasteiger partial charge in [-0.2, -0.15) is 0 Å². The lowest BCUT2D eigenvalue weighted by atomic mass is 9.66. The second-order valence-corrected chi connectivity index (χ2v) is 11.0. The van der Waals surface area contributed by atoms with Crippen LogP contribution in [0.1, 0.15) is 60.8 Å². The molecule has 2 bridgehead atoms. The van der Waals surface area contributed by atoms with E-state index in [0.717, 1.165) is 30.7 Å². The summed E-state index contributed by atoms with van der Waals surface area (Å²) in [5.41, 5.74) is 4.98. The van der Waals surface area contributed by atoms with E-state index in [4.69, 9.17) is 4.74 Å². The van der Waals surface area contributed by atoms with Crippen molar-refractivity contribution in [3.63, 3.8) is 0 Å². The Labute approximate surface area is 226 Å². The van der Waals surface area contributed by atoms with Gasteiger partial charge in [-0.15, -0.1) is 0 Å². The van der Waals surface area contributed by atoms with E-state index in [1.165, 1.54) is 16.7 Å². The minimum atomic E-state index is -0.683. The van der Waals surface area contributed by atoms with Crippen LogP contribution in [0.2, 0.25) is 0 Å². The number of nitrogens with one attached hydrogen (secondary N) is 1. The second kappa shape index (κ2) is 11.7. The highest BCUT2D eigenvalue weighted by Crippen LogP contribution is 2.44. The lowest BCUT2D eigenvalue weighted by molar-refractivity contribution is -0.152. The van der Waals surface area contributed by atoms with Gasteiger partial charge in [0.05, 0.1) is 13.0 Å². The summed E-state index contributed by atoms with van der Waals surface area (Å²) in [5.74, 6) is 0.512.